The predicted molar refractivity (Wildman–Crippen MR) is 78.5 cm³/mol. The van der Waals surface area contributed by atoms with Crippen molar-refractivity contribution in [1.82, 2.24) is 9.88 Å². The second-order valence-electron chi connectivity index (χ2n) is 4.32. The minimum absolute atomic E-state index is 0.590. The van der Waals surface area contributed by atoms with E-state index >= 15 is 0 Å². The van der Waals surface area contributed by atoms with Crippen LogP contribution in [0.5, 0.6) is 5.75 Å². The molecule has 0 radical (unpaired) electrons. The first kappa shape index (κ1) is 13.7. The number of hydrogen-bond acceptors (Lipinski definition) is 3. The molecule has 0 N–H and O–H groups in total. The van der Waals surface area contributed by atoms with Crippen LogP contribution < -0.4 is 4.74 Å². The van der Waals surface area contributed by atoms with Gasteiger partial charge < -0.3 is 4.74 Å². The van der Waals surface area contributed by atoms with Crippen molar-refractivity contribution >= 4 is 22.5 Å². The number of aromatic nitrogens is 1. The van der Waals surface area contributed by atoms with Crippen molar-refractivity contribution in [3.63, 3.8) is 0 Å². The van der Waals surface area contributed by atoms with Crippen molar-refractivity contribution in [3.05, 3.63) is 35.0 Å². The Labute approximate surface area is 118 Å². The van der Waals surface area contributed by atoms with Gasteiger partial charge in [-0.15, -0.1) is 6.42 Å². The Hall–Kier alpha value is -1.76. The topological polar surface area (TPSA) is 25.4 Å². The third-order valence-corrected chi connectivity index (χ3v) is 3.17. The Kier molecular flexibility index (Phi) is 4.26. The molecule has 98 valence electrons. The minimum Gasteiger partial charge on any atom is -0.494 e. The molecule has 0 unspecified atom stereocenters. The summed E-state index contributed by atoms with van der Waals surface area (Å²) in [6.45, 7) is 1.28. The molecule has 0 saturated carbocycles. The number of ether oxygens (including phenoxy) is 1. The Bertz CT molecular complexity index is 634. The van der Waals surface area contributed by atoms with E-state index in [-0.39, 0.29) is 0 Å². The quantitative estimate of drug-likeness (QED) is 0.802. The van der Waals surface area contributed by atoms with Crippen LogP contribution in [0, 0.1) is 12.3 Å². The minimum atomic E-state index is 0.590. The molecule has 0 atom stereocenters. The molecule has 19 heavy (non-hydrogen) atoms. The molecule has 0 saturated heterocycles. The highest BCUT2D eigenvalue weighted by Gasteiger charge is 2.08. The van der Waals surface area contributed by atoms with Crippen molar-refractivity contribution in [2.45, 2.75) is 6.54 Å². The summed E-state index contributed by atoms with van der Waals surface area (Å²) in [5, 5.41) is 1.57. The van der Waals surface area contributed by atoms with Gasteiger partial charge in [-0.25, -0.2) is 4.98 Å². The average molecular weight is 275 g/mol. The molecule has 3 nitrogen and oxygen atoms in total. The number of methoxy groups -OCH3 is 1. The molecule has 0 aliphatic rings. The zero-order valence-electron chi connectivity index (χ0n) is 11.0. The SMILES string of the molecule is C#CCN(C)Cc1ccc2c(Cl)ccc(OC)c2n1. The van der Waals surface area contributed by atoms with E-state index in [1.807, 2.05) is 36.2 Å². The van der Waals surface area contributed by atoms with Crippen LogP contribution in [0.1, 0.15) is 5.69 Å². The van der Waals surface area contributed by atoms with E-state index < -0.39 is 0 Å². The van der Waals surface area contributed by atoms with Gasteiger partial charge in [0.05, 0.1) is 24.4 Å². The molecule has 0 fully saturated rings. The summed E-state index contributed by atoms with van der Waals surface area (Å²) < 4.78 is 5.32. The highest BCUT2D eigenvalue weighted by atomic mass is 35.5. The lowest BCUT2D eigenvalue weighted by Gasteiger charge is -2.13. The molecule has 0 spiro atoms. The number of nitrogens with zero attached hydrogens (tertiary/aromatic N) is 2. The predicted octanol–water partition coefficient (Wildman–Crippen LogP) is 2.96. The van der Waals surface area contributed by atoms with Gasteiger partial charge >= 0.3 is 0 Å². The molecular formula is C15H15ClN2O. The van der Waals surface area contributed by atoms with Crippen molar-refractivity contribution in [2.24, 2.45) is 0 Å². The average Bonchev–Trinajstić information content (AvgIpc) is 2.39. The van der Waals surface area contributed by atoms with Gasteiger partial charge in [-0.3, -0.25) is 4.90 Å². The highest BCUT2D eigenvalue weighted by molar-refractivity contribution is 6.35. The van der Waals surface area contributed by atoms with Crippen LogP contribution in [0.3, 0.4) is 0 Å². The largest absolute Gasteiger partial charge is 0.494 e. The molecule has 0 bridgehead atoms. The Balaban J connectivity index is 2.42. The first-order chi connectivity index (χ1) is 9.15. The smallest absolute Gasteiger partial charge is 0.145 e. The van der Waals surface area contributed by atoms with E-state index in [1.54, 1.807) is 7.11 Å². The van der Waals surface area contributed by atoms with E-state index in [4.69, 9.17) is 22.8 Å². The van der Waals surface area contributed by atoms with Crippen molar-refractivity contribution in [2.75, 3.05) is 20.7 Å². The molecule has 2 aromatic rings. The van der Waals surface area contributed by atoms with E-state index in [9.17, 15) is 0 Å². The number of rotatable bonds is 4. The molecule has 4 heteroatoms. The van der Waals surface area contributed by atoms with Crippen molar-refractivity contribution < 1.29 is 4.74 Å². The summed E-state index contributed by atoms with van der Waals surface area (Å²) in [4.78, 5) is 6.63. The van der Waals surface area contributed by atoms with Gasteiger partial charge in [0.25, 0.3) is 0 Å². The summed E-state index contributed by atoms with van der Waals surface area (Å²) in [6, 6.07) is 7.56. The number of terminal acetylenes is 1. The Morgan fingerprint density at radius 1 is 1.37 bits per heavy atom. The first-order valence-corrected chi connectivity index (χ1v) is 6.27. The maximum atomic E-state index is 6.16. The number of pyridine rings is 1. The maximum absolute atomic E-state index is 6.16. The van der Waals surface area contributed by atoms with Gasteiger partial charge in [-0.1, -0.05) is 17.5 Å². The highest BCUT2D eigenvalue weighted by Crippen LogP contribution is 2.30. The van der Waals surface area contributed by atoms with Gasteiger partial charge in [0.1, 0.15) is 11.3 Å². The fourth-order valence-corrected chi connectivity index (χ4v) is 2.15. The van der Waals surface area contributed by atoms with Gasteiger partial charge in [-0.05, 0) is 31.3 Å². The van der Waals surface area contributed by atoms with Crippen LogP contribution in [0.25, 0.3) is 10.9 Å². The lowest BCUT2D eigenvalue weighted by atomic mass is 10.2. The summed E-state index contributed by atoms with van der Waals surface area (Å²) in [7, 11) is 3.59. The molecule has 1 aromatic carbocycles. The molecule has 0 amide bonds. The van der Waals surface area contributed by atoms with Crippen LogP contribution in [0.15, 0.2) is 24.3 Å². The van der Waals surface area contributed by atoms with Crippen LogP contribution in [-0.4, -0.2) is 30.6 Å². The second-order valence-corrected chi connectivity index (χ2v) is 4.73. The van der Waals surface area contributed by atoms with Crippen LogP contribution in [-0.2, 0) is 6.54 Å². The fraction of sp³-hybridized carbons (Fsp3) is 0.267. The van der Waals surface area contributed by atoms with E-state index in [1.165, 1.54) is 0 Å². The van der Waals surface area contributed by atoms with Crippen LogP contribution >= 0.6 is 11.6 Å². The summed E-state index contributed by atoms with van der Waals surface area (Å²) in [6.07, 6.45) is 5.29. The van der Waals surface area contributed by atoms with Gasteiger partial charge in [0, 0.05) is 11.9 Å². The lowest BCUT2D eigenvalue weighted by Crippen LogP contribution is -2.18. The number of halogens is 1. The normalized spacial score (nSPS) is 10.7. The monoisotopic (exact) mass is 274 g/mol. The number of fused-ring (bicyclic) bond motifs is 1. The summed E-state index contributed by atoms with van der Waals surface area (Å²) in [5.41, 5.74) is 1.72. The first-order valence-electron chi connectivity index (χ1n) is 5.90. The van der Waals surface area contributed by atoms with E-state index in [2.05, 4.69) is 10.9 Å². The molecule has 1 aromatic heterocycles. The molecule has 0 aliphatic heterocycles. The Morgan fingerprint density at radius 2 is 2.16 bits per heavy atom. The molecular weight excluding hydrogens is 260 g/mol. The van der Waals surface area contributed by atoms with Gasteiger partial charge in [0.15, 0.2) is 0 Å². The third kappa shape index (κ3) is 2.98. The van der Waals surface area contributed by atoms with E-state index in [0.29, 0.717) is 18.1 Å². The number of hydrogen-bond donors (Lipinski definition) is 0. The van der Waals surface area contributed by atoms with Gasteiger partial charge in [-0.2, -0.15) is 0 Å². The van der Waals surface area contributed by atoms with Crippen molar-refractivity contribution in [1.29, 1.82) is 0 Å². The molecule has 1 heterocycles. The van der Waals surface area contributed by atoms with Crippen molar-refractivity contribution in [3.8, 4) is 18.1 Å². The van der Waals surface area contributed by atoms with Crippen LogP contribution in [0.2, 0.25) is 5.02 Å². The van der Waals surface area contributed by atoms with Crippen LogP contribution in [0.4, 0.5) is 0 Å². The zero-order valence-corrected chi connectivity index (χ0v) is 11.7. The van der Waals surface area contributed by atoms with Gasteiger partial charge in [0.2, 0.25) is 0 Å². The molecule has 2 rings (SSSR count). The fourth-order valence-electron chi connectivity index (χ4n) is 1.94. The lowest BCUT2D eigenvalue weighted by molar-refractivity contribution is 0.364. The third-order valence-electron chi connectivity index (χ3n) is 2.84. The Morgan fingerprint density at radius 3 is 2.84 bits per heavy atom. The zero-order chi connectivity index (χ0) is 13.8. The molecule has 0 aliphatic carbocycles. The maximum Gasteiger partial charge on any atom is 0.145 e. The standard InChI is InChI=1S/C15H15ClN2O/c1-4-9-18(2)10-11-5-6-12-13(16)7-8-14(19-3)15(12)17-11/h1,5-8H,9-10H2,2-3H3. The second kappa shape index (κ2) is 5.92. The van der Waals surface area contributed by atoms with E-state index in [0.717, 1.165) is 22.3 Å². The summed E-state index contributed by atoms with van der Waals surface area (Å²) in [5.74, 6) is 3.33. The summed E-state index contributed by atoms with van der Waals surface area (Å²) >= 11 is 6.16. The number of benzene rings is 1.